The molecule has 1 atom stereocenters. The Morgan fingerprint density at radius 1 is 1.47 bits per heavy atom. The van der Waals surface area contributed by atoms with Crippen molar-refractivity contribution in [1.82, 2.24) is 0 Å². The van der Waals surface area contributed by atoms with Crippen LogP contribution in [0.15, 0.2) is 16.6 Å². The van der Waals surface area contributed by atoms with Gasteiger partial charge >= 0.3 is 5.97 Å². The maximum absolute atomic E-state index is 13.4. The van der Waals surface area contributed by atoms with Crippen LogP contribution in [-0.2, 0) is 9.53 Å². The molecule has 6 heteroatoms. The van der Waals surface area contributed by atoms with E-state index < -0.39 is 23.6 Å². The van der Waals surface area contributed by atoms with Gasteiger partial charge in [-0.25, -0.2) is 8.78 Å². The second kappa shape index (κ2) is 5.95. The summed E-state index contributed by atoms with van der Waals surface area (Å²) in [4.78, 5) is 11.0. The number of nitrogens with one attached hydrogen (secondary N) is 1. The van der Waals surface area contributed by atoms with Crippen molar-refractivity contribution in [3.8, 4) is 0 Å². The first kappa shape index (κ1) is 13.9. The fraction of sp³-hybridized carbons (Fsp3) is 0.364. The Balaban J connectivity index is 2.78. The van der Waals surface area contributed by atoms with Gasteiger partial charge in [-0.3, -0.25) is 4.79 Å². The quantitative estimate of drug-likeness (QED) is 0.869. The van der Waals surface area contributed by atoms with Gasteiger partial charge in [-0.1, -0.05) is 15.9 Å². The van der Waals surface area contributed by atoms with E-state index >= 15 is 0 Å². The molecule has 3 nitrogen and oxygen atoms in total. The summed E-state index contributed by atoms with van der Waals surface area (Å²) >= 11 is 2.98. The molecule has 1 N–H and O–H groups in total. The van der Waals surface area contributed by atoms with Gasteiger partial charge in [-0.15, -0.1) is 0 Å². The van der Waals surface area contributed by atoms with Gasteiger partial charge < -0.3 is 10.1 Å². The lowest BCUT2D eigenvalue weighted by atomic mass is 10.2. The molecule has 1 aromatic carbocycles. The molecule has 0 amide bonds. The molecule has 1 rings (SSSR count). The lowest BCUT2D eigenvalue weighted by Gasteiger charge is -2.15. The molecule has 17 heavy (non-hydrogen) atoms. The number of halogens is 3. The highest BCUT2D eigenvalue weighted by Gasteiger charge is 2.15. The molecular formula is C11H12BrF2NO2. The van der Waals surface area contributed by atoms with Crippen LogP contribution in [0.25, 0.3) is 0 Å². The normalized spacial score (nSPS) is 12.1. The molecule has 0 fully saturated rings. The molecule has 0 bridgehead atoms. The van der Waals surface area contributed by atoms with Gasteiger partial charge in [-0.05, 0) is 19.1 Å². The van der Waals surface area contributed by atoms with Crippen molar-refractivity contribution in [2.75, 3.05) is 12.4 Å². The van der Waals surface area contributed by atoms with Crippen LogP contribution >= 0.6 is 15.9 Å². The van der Waals surface area contributed by atoms with E-state index in [1.807, 2.05) is 0 Å². The Morgan fingerprint density at radius 3 is 2.47 bits per heavy atom. The van der Waals surface area contributed by atoms with E-state index in [9.17, 15) is 13.6 Å². The number of esters is 1. The highest BCUT2D eigenvalue weighted by molar-refractivity contribution is 9.10. The minimum atomic E-state index is -0.714. The maximum atomic E-state index is 13.4. The van der Waals surface area contributed by atoms with Crippen LogP contribution in [0.1, 0.15) is 13.3 Å². The predicted octanol–water partition coefficient (Wildman–Crippen LogP) is 3.09. The zero-order valence-corrected chi connectivity index (χ0v) is 11.0. The van der Waals surface area contributed by atoms with Crippen molar-refractivity contribution in [3.05, 3.63) is 28.2 Å². The molecule has 0 aliphatic carbocycles. The van der Waals surface area contributed by atoms with Crippen LogP contribution in [-0.4, -0.2) is 19.1 Å². The monoisotopic (exact) mass is 307 g/mol. The predicted molar refractivity (Wildman–Crippen MR) is 63.8 cm³/mol. The molecule has 1 aromatic rings. The van der Waals surface area contributed by atoms with Crippen molar-refractivity contribution < 1.29 is 18.3 Å². The minimum absolute atomic E-state index is 0.0332. The van der Waals surface area contributed by atoms with E-state index in [-0.39, 0.29) is 12.1 Å². The number of carbonyl (C=O) groups is 1. The third-order valence-electron chi connectivity index (χ3n) is 2.10. The van der Waals surface area contributed by atoms with E-state index in [0.29, 0.717) is 4.47 Å². The van der Waals surface area contributed by atoms with Crippen LogP contribution < -0.4 is 5.32 Å². The zero-order valence-electron chi connectivity index (χ0n) is 9.39. The molecule has 0 aromatic heterocycles. The third kappa shape index (κ3) is 3.96. The fourth-order valence-electron chi connectivity index (χ4n) is 1.31. The van der Waals surface area contributed by atoms with E-state index in [0.717, 1.165) is 12.1 Å². The second-order valence-corrected chi connectivity index (χ2v) is 4.49. The number of benzene rings is 1. The summed E-state index contributed by atoms with van der Waals surface area (Å²) in [7, 11) is 1.26. The summed E-state index contributed by atoms with van der Waals surface area (Å²) in [5, 5.41) is 2.60. The highest BCUT2D eigenvalue weighted by atomic mass is 79.9. The van der Waals surface area contributed by atoms with Gasteiger partial charge in [0.25, 0.3) is 0 Å². The first-order chi connectivity index (χ1) is 7.93. The standard InChI is InChI=1S/C11H12BrF2NO2/c1-6(3-10(16)17-2)15-11-8(13)4-7(12)5-9(11)14/h4-6,15H,3H2,1-2H3. The largest absolute Gasteiger partial charge is 0.469 e. The average Bonchev–Trinajstić information content (AvgIpc) is 2.23. The molecule has 0 saturated heterocycles. The van der Waals surface area contributed by atoms with E-state index in [1.54, 1.807) is 6.92 Å². The average molecular weight is 308 g/mol. The summed E-state index contributed by atoms with van der Waals surface area (Å²) in [6.45, 7) is 1.64. The molecular weight excluding hydrogens is 296 g/mol. The van der Waals surface area contributed by atoms with Gasteiger partial charge in [0.15, 0.2) is 0 Å². The number of methoxy groups -OCH3 is 1. The van der Waals surface area contributed by atoms with Crippen molar-refractivity contribution in [1.29, 1.82) is 0 Å². The van der Waals surface area contributed by atoms with Crippen molar-refractivity contribution in [3.63, 3.8) is 0 Å². The number of hydrogen-bond acceptors (Lipinski definition) is 3. The molecule has 1 unspecified atom stereocenters. The Kier molecular flexibility index (Phi) is 4.86. The Bertz CT molecular complexity index is 403. The van der Waals surface area contributed by atoms with Crippen molar-refractivity contribution >= 4 is 27.6 Å². The molecule has 94 valence electrons. The van der Waals surface area contributed by atoms with Gasteiger partial charge in [0, 0.05) is 10.5 Å². The minimum Gasteiger partial charge on any atom is -0.469 e. The fourth-order valence-corrected chi connectivity index (χ4v) is 1.71. The van der Waals surface area contributed by atoms with Crippen LogP contribution in [0.2, 0.25) is 0 Å². The third-order valence-corrected chi connectivity index (χ3v) is 2.56. The van der Waals surface area contributed by atoms with Crippen molar-refractivity contribution in [2.24, 2.45) is 0 Å². The first-order valence-electron chi connectivity index (χ1n) is 4.92. The Labute approximate surface area is 106 Å². The summed E-state index contributed by atoms with van der Waals surface area (Å²) in [6, 6.07) is 1.87. The molecule has 0 aliphatic heterocycles. The Hall–Kier alpha value is -1.17. The van der Waals surface area contributed by atoms with Crippen LogP contribution in [0.5, 0.6) is 0 Å². The van der Waals surface area contributed by atoms with Crippen LogP contribution in [0, 0.1) is 11.6 Å². The Morgan fingerprint density at radius 2 is 2.00 bits per heavy atom. The maximum Gasteiger partial charge on any atom is 0.307 e. The van der Waals surface area contributed by atoms with Gasteiger partial charge in [0.1, 0.15) is 17.3 Å². The molecule has 0 heterocycles. The summed E-state index contributed by atoms with van der Waals surface area (Å²) in [5.41, 5.74) is -0.246. The van der Waals surface area contributed by atoms with E-state index in [4.69, 9.17) is 0 Å². The van der Waals surface area contributed by atoms with E-state index in [2.05, 4.69) is 26.0 Å². The van der Waals surface area contributed by atoms with Crippen LogP contribution in [0.4, 0.5) is 14.5 Å². The van der Waals surface area contributed by atoms with Crippen molar-refractivity contribution in [2.45, 2.75) is 19.4 Å². The molecule has 0 spiro atoms. The molecule has 0 aliphatic rings. The smallest absolute Gasteiger partial charge is 0.307 e. The first-order valence-corrected chi connectivity index (χ1v) is 5.71. The van der Waals surface area contributed by atoms with Gasteiger partial charge in [-0.2, -0.15) is 0 Å². The lowest BCUT2D eigenvalue weighted by Crippen LogP contribution is -2.21. The van der Waals surface area contributed by atoms with Crippen LogP contribution in [0.3, 0.4) is 0 Å². The van der Waals surface area contributed by atoms with E-state index in [1.165, 1.54) is 7.11 Å². The summed E-state index contributed by atoms with van der Waals surface area (Å²) < 4.78 is 31.7. The summed E-state index contributed by atoms with van der Waals surface area (Å²) in [6.07, 6.45) is 0.0332. The SMILES string of the molecule is COC(=O)CC(C)Nc1c(F)cc(Br)cc1F. The van der Waals surface area contributed by atoms with Gasteiger partial charge in [0.05, 0.1) is 13.5 Å². The number of carbonyl (C=O) groups excluding carboxylic acids is 1. The molecule has 0 saturated carbocycles. The van der Waals surface area contributed by atoms with Gasteiger partial charge in [0.2, 0.25) is 0 Å². The summed E-state index contributed by atoms with van der Waals surface area (Å²) in [5.74, 6) is -1.87. The number of rotatable bonds is 4. The lowest BCUT2D eigenvalue weighted by molar-refractivity contribution is -0.140. The number of ether oxygens (including phenoxy) is 1. The second-order valence-electron chi connectivity index (χ2n) is 3.57. The number of anilines is 1. The highest BCUT2D eigenvalue weighted by Crippen LogP contribution is 2.24. The topological polar surface area (TPSA) is 38.3 Å². The molecule has 0 radical (unpaired) electrons. The zero-order chi connectivity index (χ0) is 13.0. The number of hydrogen-bond donors (Lipinski definition) is 1.